The Balaban J connectivity index is 2.23. The third kappa shape index (κ3) is 3.33. The maximum absolute atomic E-state index is 12.4. The molecule has 0 aliphatic rings. The minimum atomic E-state index is -1.06. The Bertz CT molecular complexity index is 679. The first-order valence-electron chi connectivity index (χ1n) is 6.88. The molecule has 2 rings (SSSR count). The van der Waals surface area contributed by atoms with Gasteiger partial charge in [-0.1, -0.05) is 30.3 Å². The lowest BCUT2D eigenvalue weighted by atomic mass is 10.0. The van der Waals surface area contributed by atoms with Crippen molar-refractivity contribution in [3.8, 4) is 0 Å². The van der Waals surface area contributed by atoms with Gasteiger partial charge in [-0.25, -0.2) is 9.78 Å². The normalized spacial score (nSPS) is 12.0. The number of aromatic nitrogens is 1. The Hall–Kier alpha value is -2.63. The number of benzene rings is 1. The first-order chi connectivity index (χ1) is 10.4. The van der Waals surface area contributed by atoms with Crippen molar-refractivity contribution in [2.75, 3.05) is 7.05 Å². The highest BCUT2D eigenvalue weighted by atomic mass is 16.4. The predicted octanol–water partition coefficient (Wildman–Crippen LogP) is 2.06. The van der Waals surface area contributed by atoms with E-state index < -0.39 is 17.9 Å². The molecule has 0 aliphatic carbocycles. The van der Waals surface area contributed by atoms with Crippen LogP contribution in [0.3, 0.4) is 0 Å². The van der Waals surface area contributed by atoms with Crippen molar-refractivity contribution >= 4 is 11.9 Å². The first kappa shape index (κ1) is 15.8. The Kier molecular flexibility index (Phi) is 4.60. The van der Waals surface area contributed by atoms with Crippen LogP contribution in [-0.4, -0.2) is 40.0 Å². The molecule has 1 aromatic heterocycles. The van der Waals surface area contributed by atoms with E-state index in [4.69, 9.17) is 4.42 Å². The minimum absolute atomic E-state index is 0.0827. The van der Waals surface area contributed by atoms with Gasteiger partial charge in [-0.2, -0.15) is 0 Å². The van der Waals surface area contributed by atoms with Crippen molar-refractivity contribution in [2.24, 2.45) is 0 Å². The van der Waals surface area contributed by atoms with E-state index in [9.17, 15) is 14.7 Å². The topological polar surface area (TPSA) is 83.6 Å². The monoisotopic (exact) mass is 302 g/mol. The fourth-order valence-electron chi connectivity index (χ4n) is 2.26. The molecule has 0 radical (unpaired) electrons. The van der Waals surface area contributed by atoms with Crippen molar-refractivity contribution < 1.29 is 19.1 Å². The highest BCUT2D eigenvalue weighted by Crippen LogP contribution is 2.15. The molecule has 1 heterocycles. The van der Waals surface area contributed by atoms with Gasteiger partial charge in [0.15, 0.2) is 5.89 Å². The third-order valence-corrected chi connectivity index (χ3v) is 3.44. The Morgan fingerprint density at radius 3 is 2.41 bits per heavy atom. The van der Waals surface area contributed by atoms with E-state index in [0.717, 1.165) is 5.56 Å². The van der Waals surface area contributed by atoms with Crippen molar-refractivity contribution in [2.45, 2.75) is 26.3 Å². The average Bonchev–Trinajstić information content (AvgIpc) is 2.82. The third-order valence-electron chi connectivity index (χ3n) is 3.44. The lowest BCUT2D eigenvalue weighted by molar-refractivity contribution is -0.141. The molecule has 2 aromatic rings. The van der Waals surface area contributed by atoms with Gasteiger partial charge in [0.2, 0.25) is 5.76 Å². The zero-order valence-corrected chi connectivity index (χ0v) is 12.7. The van der Waals surface area contributed by atoms with E-state index >= 15 is 0 Å². The Labute approximate surface area is 128 Å². The summed E-state index contributed by atoms with van der Waals surface area (Å²) in [6.45, 7) is 3.30. The molecule has 1 atom stereocenters. The number of carboxylic acid groups (broad SMARTS) is 1. The largest absolute Gasteiger partial charge is 0.480 e. The highest BCUT2D eigenvalue weighted by molar-refractivity contribution is 5.95. The molecule has 0 aliphatic heterocycles. The van der Waals surface area contributed by atoms with E-state index in [1.807, 2.05) is 30.3 Å². The number of carbonyl (C=O) groups is 2. The van der Waals surface area contributed by atoms with Gasteiger partial charge in [-0.15, -0.1) is 0 Å². The number of aliphatic carboxylic acids is 1. The van der Waals surface area contributed by atoms with Gasteiger partial charge in [0.1, 0.15) is 6.04 Å². The van der Waals surface area contributed by atoms with Gasteiger partial charge in [-0.05, 0) is 12.5 Å². The summed E-state index contributed by atoms with van der Waals surface area (Å²) in [7, 11) is 1.46. The van der Waals surface area contributed by atoms with Crippen LogP contribution in [0.4, 0.5) is 0 Å². The molecule has 0 spiro atoms. The molecule has 1 amide bonds. The van der Waals surface area contributed by atoms with Crippen LogP contribution in [-0.2, 0) is 11.2 Å². The second-order valence-corrected chi connectivity index (χ2v) is 5.11. The molecule has 1 N–H and O–H groups in total. The van der Waals surface area contributed by atoms with Crippen LogP contribution in [0.15, 0.2) is 34.7 Å². The van der Waals surface area contributed by atoms with Gasteiger partial charge in [0, 0.05) is 20.4 Å². The molecule has 0 bridgehead atoms. The van der Waals surface area contributed by atoms with Crippen LogP contribution in [0.25, 0.3) is 0 Å². The van der Waals surface area contributed by atoms with Crippen molar-refractivity contribution in [1.29, 1.82) is 0 Å². The summed E-state index contributed by atoms with van der Waals surface area (Å²) in [5.41, 5.74) is 1.30. The van der Waals surface area contributed by atoms with Gasteiger partial charge in [0.05, 0.1) is 5.69 Å². The van der Waals surface area contributed by atoms with Crippen LogP contribution < -0.4 is 0 Å². The van der Waals surface area contributed by atoms with Crippen molar-refractivity contribution in [3.05, 3.63) is 53.2 Å². The summed E-state index contributed by atoms with van der Waals surface area (Å²) < 4.78 is 5.28. The lowest BCUT2D eigenvalue weighted by Gasteiger charge is -2.24. The molecule has 6 nitrogen and oxygen atoms in total. The van der Waals surface area contributed by atoms with Gasteiger partial charge in [-0.3, -0.25) is 4.79 Å². The number of amides is 1. The van der Waals surface area contributed by atoms with E-state index in [1.165, 1.54) is 11.9 Å². The van der Waals surface area contributed by atoms with E-state index in [2.05, 4.69) is 4.98 Å². The highest BCUT2D eigenvalue weighted by Gasteiger charge is 2.30. The summed E-state index contributed by atoms with van der Waals surface area (Å²) in [5, 5.41) is 9.44. The number of nitrogens with zero attached hydrogens (tertiary/aromatic N) is 2. The van der Waals surface area contributed by atoms with Crippen LogP contribution in [0.5, 0.6) is 0 Å². The van der Waals surface area contributed by atoms with Crippen LogP contribution >= 0.6 is 0 Å². The zero-order valence-electron chi connectivity index (χ0n) is 12.7. The Morgan fingerprint density at radius 1 is 1.27 bits per heavy atom. The van der Waals surface area contributed by atoms with Gasteiger partial charge < -0.3 is 14.4 Å². The second-order valence-electron chi connectivity index (χ2n) is 5.11. The second kappa shape index (κ2) is 6.43. The van der Waals surface area contributed by atoms with Gasteiger partial charge in [0.25, 0.3) is 5.91 Å². The van der Waals surface area contributed by atoms with Gasteiger partial charge >= 0.3 is 5.97 Å². The molecule has 1 unspecified atom stereocenters. The number of oxazole rings is 1. The smallest absolute Gasteiger partial charge is 0.326 e. The SMILES string of the molecule is Cc1nc(C)c(C(=O)N(C)C(Cc2ccccc2)C(=O)O)o1. The molecular weight excluding hydrogens is 284 g/mol. The number of hydrogen-bond donors (Lipinski definition) is 1. The molecule has 116 valence electrons. The number of likely N-dealkylation sites (N-methyl/N-ethyl adjacent to an activating group) is 1. The van der Waals surface area contributed by atoms with E-state index in [0.29, 0.717) is 11.6 Å². The minimum Gasteiger partial charge on any atom is -0.480 e. The van der Waals surface area contributed by atoms with E-state index in [-0.39, 0.29) is 12.2 Å². The zero-order chi connectivity index (χ0) is 16.3. The number of carboxylic acids is 1. The molecule has 0 saturated carbocycles. The fourth-order valence-corrected chi connectivity index (χ4v) is 2.26. The van der Waals surface area contributed by atoms with Crippen LogP contribution in [0.1, 0.15) is 27.7 Å². The summed E-state index contributed by atoms with van der Waals surface area (Å²) in [6, 6.07) is 8.21. The van der Waals surface area contributed by atoms with Crippen molar-refractivity contribution in [3.63, 3.8) is 0 Å². The number of carbonyl (C=O) groups excluding carboxylic acids is 1. The quantitative estimate of drug-likeness (QED) is 0.914. The molecule has 0 fully saturated rings. The van der Waals surface area contributed by atoms with Crippen LogP contribution in [0.2, 0.25) is 0 Å². The Morgan fingerprint density at radius 2 is 1.91 bits per heavy atom. The first-order valence-corrected chi connectivity index (χ1v) is 6.88. The number of hydrogen-bond acceptors (Lipinski definition) is 4. The number of rotatable bonds is 5. The predicted molar refractivity (Wildman–Crippen MR) is 79.6 cm³/mol. The maximum atomic E-state index is 12.4. The standard InChI is InChI=1S/C16H18N2O4/c1-10-14(22-11(2)17-10)15(19)18(3)13(16(20)21)9-12-7-5-4-6-8-12/h4-8,13H,9H2,1-3H3,(H,20,21). The molecule has 0 saturated heterocycles. The maximum Gasteiger partial charge on any atom is 0.326 e. The van der Waals surface area contributed by atoms with Crippen molar-refractivity contribution in [1.82, 2.24) is 9.88 Å². The number of aryl methyl sites for hydroxylation is 2. The fraction of sp³-hybridized carbons (Fsp3) is 0.312. The summed E-state index contributed by atoms with van der Waals surface area (Å²) in [6.07, 6.45) is 0.227. The molecular formula is C16H18N2O4. The molecule has 6 heteroatoms. The molecule has 1 aromatic carbocycles. The summed E-state index contributed by atoms with van der Waals surface area (Å²) >= 11 is 0. The summed E-state index contributed by atoms with van der Waals surface area (Å²) in [4.78, 5) is 29.2. The van der Waals surface area contributed by atoms with E-state index in [1.54, 1.807) is 13.8 Å². The lowest BCUT2D eigenvalue weighted by Crippen LogP contribution is -2.44. The van der Waals surface area contributed by atoms with Crippen LogP contribution in [0, 0.1) is 13.8 Å². The average molecular weight is 302 g/mol. The summed E-state index contributed by atoms with van der Waals surface area (Å²) in [5.74, 6) is -1.08. The molecule has 22 heavy (non-hydrogen) atoms.